The highest BCUT2D eigenvalue weighted by molar-refractivity contribution is 7.20. The molecule has 0 bridgehead atoms. The van der Waals surface area contributed by atoms with Crippen molar-refractivity contribution < 1.29 is 23.9 Å². The van der Waals surface area contributed by atoms with E-state index in [0.29, 0.717) is 22.5 Å². The number of hydrogen-bond donors (Lipinski definition) is 2. The number of carbonyl (C=O) groups is 3. The standard InChI is InChI=1S/C29H27N3O5S/c1-15-16(2)31-25(30-15)19-9-11-20(12-10-19)28(34)37-17(3)26(33)32-27-23(29(35)36-4)22-14-13-18-7-5-6-8-21(18)24(22)38-27/h5-12,17H,13-14H2,1-4H3,(H,30,31)(H,32,33). The van der Waals surface area contributed by atoms with Crippen LogP contribution >= 0.6 is 11.3 Å². The lowest BCUT2D eigenvalue weighted by Gasteiger charge is -2.16. The van der Waals surface area contributed by atoms with Gasteiger partial charge in [-0.05, 0) is 62.4 Å². The van der Waals surface area contributed by atoms with E-state index in [1.807, 2.05) is 32.0 Å². The van der Waals surface area contributed by atoms with Crippen molar-refractivity contribution in [2.45, 2.75) is 39.7 Å². The molecule has 2 heterocycles. The Balaban J connectivity index is 1.31. The number of ether oxygens (including phenoxy) is 2. The van der Waals surface area contributed by atoms with Gasteiger partial charge in [-0.15, -0.1) is 11.3 Å². The molecule has 4 aromatic rings. The van der Waals surface area contributed by atoms with Gasteiger partial charge in [-0.25, -0.2) is 14.6 Å². The molecule has 0 radical (unpaired) electrons. The molecule has 2 aromatic heterocycles. The molecule has 0 fully saturated rings. The number of nitrogens with one attached hydrogen (secondary N) is 2. The number of benzene rings is 2. The van der Waals surface area contributed by atoms with Gasteiger partial charge in [0.2, 0.25) is 0 Å². The quantitative estimate of drug-likeness (QED) is 0.320. The Labute approximate surface area is 224 Å². The number of methoxy groups -OCH3 is 1. The van der Waals surface area contributed by atoms with Gasteiger partial charge in [0.05, 0.1) is 23.9 Å². The minimum Gasteiger partial charge on any atom is -0.465 e. The summed E-state index contributed by atoms with van der Waals surface area (Å²) in [6, 6.07) is 14.8. The number of imidazole rings is 1. The zero-order valence-corrected chi connectivity index (χ0v) is 22.3. The lowest BCUT2D eigenvalue weighted by Crippen LogP contribution is -2.30. The minimum absolute atomic E-state index is 0.312. The van der Waals surface area contributed by atoms with Crippen LogP contribution in [0.15, 0.2) is 48.5 Å². The van der Waals surface area contributed by atoms with Gasteiger partial charge in [0.1, 0.15) is 10.8 Å². The molecule has 1 atom stereocenters. The van der Waals surface area contributed by atoms with Crippen LogP contribution in [-0.4, -0.2) is 41.0 Å². The SMILES string of the molecule is COC(=O)c1c(NC(=O)C(C)OC(=O)c2ccc(-c3nc(C)c(C)[nH]3)cc2)sc2c1CCc1ccccc1-2. The molecule has 5 rings (SSSR count). The van der Waals surface area contributed by atoms with Crippen molar-refractivity contribution in [1.29, 1.82) is 0 Å². The van der Waals surface area contributed by atoms with Crippen LogP contribution in [0, 0.1) is 13.8 Å². The molecule has 0 saturated carbocycles. The van der Waals surface area contributed by atoms with E-state index in [1.165, 1.54) is 30.9 Å². The van der Waals surface area contributed by atoms with Crippen molar-refractivity contribution in [3.63, 3.8) is 0 Å². The molecule has 1 aliphatic carbocycles. The summed E-state index contributed by atoms with van der Waals surface area (Å²) in [4.78, 5) is 47.1. The smallest absolute Gasteiger partial charge is 0.341 e. The van der Waals surface area contributed by atoms with Crippen molar-refractivity contribution in [2.75, 3.05) is 12.4 Å². The predicted molar refractivity (Wildman–Crippen MR) is 146 cm³/mol. The number of H-pyrrole nitrogens is 1. The summed E-state index contributed by atoms with van der Waals surface area (Å²) in [7, 11) is 1.32. The van der Waals surface area contributed by atoms with Gasteiger partial charge in [0.15, 0.2) is 6.10 Å². The summed E-state index contributed by atoms with van der Waals surface area (Å²) in [5.41, 5.74) is 6.50. The van der Waals surface area contributed by atoms with Crippen LogP contribution < -0.4 is 5.32 Å². The molecular weight excluding hydrogens is 502 g/mol. The third-order valence-corrected chi connectivity index (χ3v) is 7.90. The van der Waals surface area contributed by atoms with E-state index < -0.39 is 23.9 Å². The number of aromatic nitrogens is 2. The molecule has 1 aliphatic rings. The average molecular weight is 530 g/mol. The maximum atomic E-state index is 13.0. The summed E-state index contributed by atoms with van der Waals surface area (Å²) < 4.78 is 10.5. The maximum Gasteiger partial charge on any atom is 0.341 e. The number of esters is 2. The molecule has 2 aromatic carbocycles. The van der Waals surface area contributed by atoms with Crippen LogP contribution in [0.5, 0.6) is 0 Å². The Morgan fingerprint density at radius 1 is 1.03 bits per heavy atom. The second-order valence-corrected chi connectivity index (χ2v) is 10.2. The minimum atomic E-state index is -1.09. The summed E-state index contributed by atoms with van der Waals surface area (Å²) in [5.74, 6) is -0.952. The van der Waals surface area contributed by atoms with Crippen LogP contribution in [0.2, 0.25) is 0 Å². The zero-order valence-electron chi connectivity index (χ0n) is 21.5. The van der Waals surface area contributed by atoms with Crippen molar-refractivity contribution in [3.8, 4) is 21.8 Å². The number of thiophene rings is 1. The number of amides is 1. The van der Waals surface area contributed by atoms with E-state index in [4.69, 9.17) is 9.47 Å². The molecule has 0 saturated heterocycles. The first-order valence-electron chi connectivity index (χ1n) is 12.2. The fraction of sp³-hybridized carbons (Fsp3) is 0.241. The van der Waals surface area contributed by atoms with Crippen LogP contribution in [0.3, 0.4) is 0 Å². The topological polar surface area (TPSA) is 110 Å². The third-order valence-electron chi connectivity index (χ3n) is 6.71. The Kier molecular flexibility index (Phi) is 6.86. The second kappa shape index (κ2) is 10.3. The Bertz CT molecular complexity index is 1530. The number of carbonyl (C=O) groups excluding carboxylic acids is 3. The van der Waals surface area contributed by atoms with Crippen LogP contribution in [0.1, 0.15) is 50.2 Å². The van der Waals surface area contributed by atoms with Gasteiger partial charge in [-0.2, -0.15) is 0 Å². The number of anilines is 1. The first-order valence-corrected chi connectivity index (χ1v) is 13.1. The van der Waals surface area contributed by atoms with Crippen LogP contribution in [-0.2, 0) is 27.1 Å². The largest absolute Gasteiger partial charge is 0.465 e. The number of aryl methyl sites for hydroxylation is 3. The van der Waals surface area contributed by atoms with Gasteiger partial charge in [0, 0.05) is 16.1 Å². The van der Waals surface area contributed by atoms with Gasteiger partial charge in [-0.1, -0.05) is 36.4 Å². The van der Waals surface area contributed by atoms with E-state index in [2.05, 4.69) is 21.4 Å². The summed E-state index contributed by atoms with van der Waals surface area (Å²) in [6.45, 7) is 5.37. The average Bonchev–Trinajstić information content (AvgIpc) is 3.47. The fourth-order valence-electron chi connectivity index (χ4n) is 4.49. The van der Waals surface area contributed by atoms with Crippen molar-refractivity contribution in [3.05, 3.63) is 82.2 Å². The van der Waals surface area contributed by atoms with E-state index in [1.54, 1.807) is 24.3 Å². The van der Waals surface area contributed by atoms with Gasteiger partial charge >= 0.3 is 11.9 Å². The molecule has 194 valence electrons. The highest BCUT2D eigenvalue weighted by atomic mass is 32.1. The Morgan fingerprint density at radius 3 is 2.45 bits per heavy atom. The molecule has 1 unspecified atom stereocenters. The highest BCUT2D eigenvalue weighted by Crippen LogP contribution is 2.45. The third kappa shape index (κ3) is 4.72. The number of aromatic amines is 1. The summed E-state index contributed by atoms with van der Waals surface area (Å²) in [5, 5.41) is 3.19. The number of rotatable bonds is 6. The number of fused-ring (bicyclic) bond motifs is 3. The maximum absolute atomic E-state index is 13.0. The van der Waals surface area contributed by atoms with E-state index in [9.17, 15) is 14.4 Å². The van der Waals surface area contributed by atoms with E-state index >= 15 is 0 Å². The lowest BCUT2D eigenvalue weighted by atomic mass is 9.89. The van der Waals surface area contributed by atoms with E-state index in [0.717, 1.165) is 45.2 Å². The first-order chi connectivity index (χ1) is 18.3. The van der Waals surface area contributed by atoms with Crippen molar-refractivity contribution in [2.24, 2.45) is 0 Å². The molecule has 1 amide bonds. The molecule has 0 aliphatic heterocycles. The Morgan fingerprint density at radius 2 is 1.76 bits per heavy atom. The molecule has 2 N–H and O–H groups in total. The molecule has 0 spiro atoms. The molecular formula is C29H27N3O5S. The Hall–Kier alpha value is -4.24. The molecule has 8 nitrogen and oxygen atoms in total. The second-order valence-electron chi connectivity index (χ2n) is 9.17. The first kappa shape index (κ1) is 25.4. The van der Waals surface area contributed by atoms with Gasteiger partial charge in [-0.3, -0.25) is 4.79 Å². The van der Waals surface area contributed by atoms with Gasteiger partial charge < -0.3 is 19.8 Å². The highest BCUT2D eigenvalue weighted by Gasteiger charge is 2.30. The van der Waals surface area contributed by atoms with Crippen molar-refractivity contribution >= 4 is 34.2 Å². The fourth-order valence-corrected chi connectivity index (χ4v) is 5.79. The monoisotopic (exact) mass is 529 g/mol. The lowest BCUT2D eigenvalue weighted by molar-refractivity contribution is -0.123. The normalized spacial score (nSPS) is 12.7. The summed E-state index contributed by atoms with van der Waals surface area (Å²) >= 11 is 1.33. The van der Waals surface area contributed by atoms with Crippen LogP contribution in [0.25, 0.3) is 21.8 Å². The zero-order chi connectivity index (χ0) is 27.0. The number of nitrogens with zero attached hydrogens (tertiary/aromatic N) is 1. The molecule has 38 heavy (non-hydrogen) atoms. The van der Waals surface area contributed by atoms with Gasteiger partial charge in [0.25, 0.3) is 5.91 Å². The number of hydrogen-bond acceptors (Lipinski definition) is 7. The van der Waals surface area contributed by atoms with Crippen molar-refractivity contribution in [1.82, 2.24) is 9.97 Å². The summed E-state index contributed by atoms with van der Waals surface area (Å²) in [6.07, 6.45) is 0.374. The van der Waals surface area contributed by atoms with E-state index in [-0.39, 0.29) is 0 Å². The predicted octanol–water partition coefficient (Wildman–Crippen LogP) is 5.49. The molecule has 9 heteroatoms. The van der Waals surface area contributed by atoms with Crippen LogP contribution in [0.4, 0.5) is 5.00 Å².